The Morgan fingerprint density at radius 3 is 2.34 bits per heavy atom. The van der Waals surface area contributed by atoms with Crippen LogP contribution in [-0.4, -0.2) is 60.8 Å². The minimum Gasteiger partial charge on any atom is -0.495 e. The van der Waals surface area contributed by atoms with E-state index in [1.54, 1.807) is 26.8 Å². The fraction of sp³-hybridized carbons (Fsp3) is 0.516. The first kappa shape index (κ1) is 36.2. The maximum atomic E-state index is 13.7. The predicted octanol–water partition coefficient (Wildman–Crippen LogP) is 5.43. The van der Waals surface area contributed by atoms with E-state index in [-0.39, 0.29) is 40.8 Å². The molecule has 1 fully saturated rings. The van der Waals surface area contributed by atoms with Gasteiger partial charge in [0.15, 0.2) is 0 Å². The van der Waals surface area contributed by atoms with Crippen molar-refractivity contribution in [1.29, 1.82) is 0 Å². The minimum absolute atomic E-state index is 0.00887. The number of ether oxygens (including phenoxy) is 3. The van der Waals surface area contributed by atoms with Crippen LogP contribution in [0.2, 0.25) is 0 Å². The van der Waals surface area contributed by atoms with Gasteiger partial charge in [-0.25, -0.2) is 4.79 Å². The molecule has 44 heavy (non-hydrogen) atoms. The summed E-state index contributed by atoms with van der Waals surface area (Å²) in [5.41, 5.74) is 4.63. The first-order chi connectivity index (χ1) is 20.2. The van der Waals surface area contributed by atoms with E-state index in [1.807, 2.05) is 13.8 Å². The Balaban J connectivity index is 2.28. The molecule has 1 aliphatic heterocycles. The molecule has 13 heteroatoms. The molecule has 0 saturated carbocycles. The van der Waals surface area contributed by atoms with Crippen LogP contribution < -0.4 is 21.1 Å². The van der Waals surface area contributed by atoms with Gasteiger partial charge in [-0.1, -0.05) is 32.6 Å². The zero-order valence-electron chi connectivity index (χ0n) is 26.5. The van der Waals surface area contributed by atoms with Crippen LogP contribution in [0, 0.1) is 12.8 Å². The Bertz CT molecular complexity index is 1310. The third-order valence-electron chi connectivity index (χ3n) is 6.33. The number of allylic oxidation sites excluding steroid dienone is 1. The molecule has 1 heterocycles. The van der Waals surface area contributed by atoms with Gasteiger partial charge in [-0.15, -0.1) is 0 Å². The molecular weight excluding hydrogens is 581 g/mol. The van der Waals surface area contributed by atoms with E-state index in [0.717, 1.165) is 12.1 Å². The van der Waals surface area contributed by atoms with Crippen LogP contribution in [-0.2, 0) is 25.2 Å². The highest BCUT2D eigenvalue weighted by molar-refractivity contribution is 6.00. The maximum Gasteiger partial charge on any atom is 0.416 e. The monoisotopic (exact) mass is 624 g/mol. The second-order valence-electron chi connectivity index (χ2n) is 11.9. The molecule has 1 aliphatic rings. The Morgan fingerprint density at radius 1 is 1.16 bits per heavy atom. The van der Waals surface area contributed by atoms with Crippen LogP contribution in [0.3, 0.4) is 0 Å². The molecule has 4 N–H and O–H groups in total. The lowest BCUT2D eigenvalue weighted by molar-refractivity contribution is -0.137. The van der Waals surface area contributed by atoms with E-state index in [2.05, 4.69) is 17.2 Å². The molecule has 2 rings (SSSR count). The molecule has 1 aromatic rings. The van der Waals surface area contributed by atoms with E-state index in [9.17, 15) is 27.6 Å². The molecule has 2 atom stereocenters. The molecule has 10 nitrogen and oxygen atoms in total. The first-order valence-corrected chi connectivity index (χ1v) is 14.1. The Labute approximate surface area is 256 Å². The lowest BCUT2D eigenvalue weighted by Crippen LogP contribution is -2.36. The van der Waals surface area contributed by atoms with Gasteiger partial charge < -0.3 is 35.5 Å². The van der Waals surface area contributed by atoms with Crippen molar-refractivity contribution in [2.75, 3.05) is 25.5 Å². The number of likely N-dealkylation sites (tertiary alicyclic amines) is 1. The summed E-state index contributed by atoms with van der Waals surface area (Å²) in [6.07, 6.45) is -2.48. The lowest BCUT2D eigenvalue weighted by atomic mass is 10.1. The van der Waals surface area contributed by atoms with Crippen LogP contribution in [0.1, 0.15) is 59.1 Å². The van der Waals surface area contributed by atoms with Gasteiger partial charge in [-0.05, 0) is 58.2 Å². The van der Waals surface area contributed by atoms with Gasteiger partial charge in [-0.2, -0.15) is 13.2 Å². The number of halogens is 3. The van der Waals surface area contributed by atoms with E-state index in [4.69, 9.17) is 19.9 Å². The second kappa shape index (κ2) is 14.7. The summed E-state index contributed by atoms with van der Waals surface area (Å²) in [6.45, 7) is 16.1. The third kappa shape index (κ3) is 10.6. The van der Waals surface area contributed by atoms with Crippen molar-refractivity contribution in [3.63, 3.8) is 0 Å². The van der Waals surface area contributed by atoms with Crippen LogP contribution in [0.5, 0.6) is 5.75 Å². The highest BCUT2D eigenvalue weighted by atomic mass is 19.4. The number of carbonyl (C=O) groups is 3. The fourth-order valence-electron chi connectivity index (χ4n) is 4.18. The van der Waals surface area contributed by atoms with E-state index < -0.39 is 47.4 Å². The van der Waals surface area contributed by atoms with Gasteiger partial charge in [0.1, 0.15) is 29.3 Å². The number of nitrogens with one attached hydrogen (secondary N) is 2. The summed E-state index contributed by atoms with van der Waals surface area (Å²) in [5.74, 6) is -1.15. The molecule has 244 valence electrons. The van der Waals surface area contributed by atoms with Crippen molar-refractivity contribution >= 4 is 23.6 Å². The fourth-order valence-corrected chi connectivity index (χ4v) is 4.18. The molecule has 0 aromatic heterocycles. The molecule has 0 aliphatic carbocycles. The number of carbonyl (C=O) groups excluding carboxylic acids is 3. The van der Waals surface area contributed by atoms with Crippen molar-refractivity contribution in [3.05, 3.63) is 59.0 Å². The Hall–Kier alpha value is -4.00. The van der Waals surface area contributed by atoms with Gasteiger partial charge in [-0.3, -0.25) is 9.59 Å². The lowest BCUT2D eigenvalue weighted by Gasteiger charge is -2.25. The third-order valence-corrected chi connectivity index (χ3v) is 6.33. The van der Waals surface area contributed by atoms with Gasteiger partial charge in [0.05, 0.1) is 30.6 Å². The average molecular weight is 625 g/mol. The zero-order valence-corrected chi connectivity index (χ0v) is 26.5. The van der Waals surface area contributed by atoms with Crippen LogP contribution in [0.25, 0.3) is 0 Å². The van der Waals surface area contributed by atoms with E-state index in [1.165, 1.54) is 31.9 Å². The minimum atomic E-state index is -4.70. The van der Waals surface area contributed by atoms with Gasteiger partial charge >= 0.3 is 12.3 Å². The summed E-state index contributed by atoms with van der Waals surface area (Å²) in [5, 5.41) is 5.08. The SMILES string of the molecule is C=C(OC)C(=CC(C)C)NC(=O)C(C)=CC(N)C(=O)Nc1cc(C(F)(F)F)cc(C)c1OC1CCN(C(=O)OC(C)(C)C)C1. The molecule has 1 aromatic carbocycles. The van der Waals surface area contributed by atoms with Gasteiger partial charge in [0, 0.05) is 18.5 Å². The van der Waals surface area contributed by atoms with Crippen molar-refractivity contribution < 1.29 is 41.8 Å². The summed E-state index contributed by atoms with van der Waals surface area (Å²) in [4.78, 5) is 39.8. The van der Waals surface area contributed by atoms with Crippen LogP contribution >= 0.6 is 0 Å². The highest BCUT2D eigenvalue weighted by Crippen LogP contribution is 2.39. The molecule has 0 radical (unpaired) electrons. The first-order valence-electron chi connectivity index (χ1n) is 14.1. The molecule has 0 spiro atoms. The molecule has 0 bridgehead atoms. The predicted molar refractivity (Wildman–Crippen MR) is 161 cm³/mol. The summed E-state index contributed by atoms with van der Waals surface area (Å²) in [7, 11) is 1.41. The number of methoxy groups -OCH3 is 1. The van der Waals surface area contributed by atoms with Crippen molar-refractivity contribution in [3.8, 4) is 5.75 Å². The number of nitrogens with zero attached hydrogens (tertiary/aromatic N) is 1. The van der Waals surface area contributed by atoms with Crippen LogP contribution in [0.15, 0.2) is 47.9 Å². The normalized spacial score (nSPS) is 16.8. The number of hydrogen-bond donors (Lipinski definition) is 3. The Morgan fingerprint density at radius 2 is 1.80 bits per heavy atom. The number of amides is 3. The molecule has 1 saturated heterocycles. The number of hydrogen-bond acceptors (Lipinski definition) is 7. The van der Waals surface area contributed by atoms with E-state index in [0.29, 0.717) is 18.7 Å². The molecule has 2 unspecified atom stereocenters. The highest BCUT2D eigenvalue weighted by Gasteiger charge is 2.35. The summed E-state index contributed by atoms with van der Waals surface area (Å²) in [6, 6.07) is 0.271. The Kier molecular flexibility index (Phi) is 12.1. The number of rotatable bonds is 10. The second-order valence-corrected chi connectivity index (χ2v) is 11.9. The van der Waals surface area contributed by atoms with Crippen molar-refractivity contribution in [2.24, 2.45) is 11.7 Å². The van der Waals surface area contributed by atoms with Gasteiger partial charge in [0.25, 0.3) is 5.91 Å². The van der Waals surface area contributed by atoms with Gasteiger partial charge in [0.2, 0.25) is 5.91 Å². The van der Waals surface area contributed by atoms with Crippen molar-refractivity contribution in [2.45, 2.75) is 78.8 Å². The number of anilines is 1. The average Bonchev–Trinajstić information content (AvgIpc) is 3.36. The summed E-state index contributed by atoms with van der Waals surface area (Å²) >= 11 is 0. The van der Waals surface area contributed by atoms with Crippen LogP contribution in [0.4, 0.5) is 23.7 Å². The molecule has 3 amide bonds. The van der Waals surface area contributed by atoms with E-state index >= 15 is 0 Å². The molecular formula is C31H43F3N4O6. The van der Waals surface area contributed by atoms with Crippen molar-refractivity contribution in [1.82, 2.24) is 10.2 Å². The topological polar surface area (TPSA) is 132 Å². The largest absolute Gasteiger partial charge is 0.495 e. The zero-order chi connectivity index (χ0) is 33.6. The number of alkyl halides is 3. The number of aryl methyl sites for hydroxylation is 1. The quantitative estimate of drug-likeness (QED) is 0.180. The number of benzene rings is 1. The maximum absolute atomic E-state index is 13.7. The standard InChI is InChI=1S/C31H43F3N4O6/c1-17(2)12-24(20(5)42-9)36-27(39)19(4)14-23(35)28(40)37-25-15-21(31(32,33)34)13-18(3)26(25)43-22-10-11-38(16-22)29(41)44-30(6,7)8/h12-15,17,22-23H,5,10-11,16,35H2,1-4,6-9H3,(H,36,39)(H,37,40). The summed E-state index contributed by atoms with van der Waals surface area (Å²) < 4.78 is 57.6. The smallest absolute Gasteiger partial charge is 0.416 e. The number of nitrogens with two attached hydrogens (primary N) is 1.